The van der Waals surface area contributed by atoms with Crippen molar-refractivity contribution in [2.75, 3.05) is 7.05 Å². The van der Waals surface area contributed by atoms with Crippen molar-refractivity contribution < 1.29 is 4.74 Å². The van der Waals surface area contributed by atoms with Gasteiger partial charge in [-0.1, -0.05) is 43.6 Å². The third-order valence-electron chi connectivity index (χ3n) is 3.50. The van der Waals surface area contributed by atoms with E-state index in [2.05, 4.69) is 38.2 Å². The molecule has 2 nitrogen and oxygen atoms in total. The minimum atomic E-state index is 0.513. The summed E-state index contributed by atoms with van der Waals surface area (Å²) in [6.45, 7) is 7.23. The van der Waals surface area contributed by atoms with Crippen molar-refractivity contribution in [2.24, 2.45) is 0 Å². The van der Waals surface area contributed by atoms with Gasteiger partial charge in [-0.15, -0.1) is 0 Å². The Morgan fingerprint density at radius 3 is 2.57 bits per heavy atom. The smallest absolute Gasteiger partial charge is 0.150 e. The van der Waals surface area contributed by atoms with E-state index >= 15 is 0 Å². The van der Waals surface area contributed by atoms with Gasteiger partial charge in [-0.25, -0.2) is 0 Å². The average Bonchev–Trinajstić information content (AvgIpc) is 2.42. The topological polar surface area (TPSA) is 21.3 Å². The molecular formula is C18H22ClNO. The van der Waals surface area contributed by atoms with E-state index in [0.717, 1.165) is 23.6 Å². The lowest BCUT2D eigenvalue weighted by atomic mass is 9.98. The molecule has 112 valence electrons. The second-order valence-corrected chi connectivity index (χ2v) is 5.94. The van der Waals surface area contributed by atoms with Crippen LogP contribution in [0.25, 0.3) is 0 Å². The van der Waals surface area contributed by atoms with Crippen molar-refractivity contribution >= 4 is 11.6 Å². The van der Waals surface area contributed by atoms with Gasteiger partial charge in [0.15, 0.2) is 0 Å². The van der Waals surface area contributed by atoms with Gasteiger partial charge < -0.3 is 10.1 Å². The summed E-state index contributed by atoms with van der Waals surface area (Å²) >= 11 is 6.28. The third kappa shape index (κ3) is 3.78. The molecular weight excluding hydrogens is 282 g/mol. The maximum absolute atomic E-state index is 6.28. The van der Waals surface area contributed by atoms with E-state index in [9.17, 15) is 0 Å². The predicted octanol–water partition coefficient (Wildman–Crippen LogP) is 5.28. The molecule has 0 amide bonds. The molecule has 0 aliphatic heterocycles. The van der Waals surface area contributed by atoms with Gasteiger partial charge >= 0.3 is 0 Å². The fourth-order valence-corrected chi connectivity index (χ4v) is 2.71. The normalized spacial score (nSPS) is 11.0. The van der Waals surface area contributed by atoms with Gasteiger partial charge in [0.2, 0.25) is 0 Å². The minimum Gasteiger partial charge on any atom is -0.455 e. The molecule has 0 spiro atoms. The summed E-state index contributed by atoms with van der Waals surface area (Å²) in [5, 5.41) is 3.77. The number of rotatable bonds is 5. The first-order valence-corrected chi connectivity index (χ1v) is 7.61. The minimum absolute atomic E-state index is 0.513. The van der Waals surface area contributed by atoms with Crippen LogP contribution in [-0.2, 0) is 6.54 Å². The van der Waals surface area contributed by atoms with Crippen molar-refractivity contribution in [3.63, 3.8) is 0 Å². The summed E-state index contributed by atoms with van der Waals surface area (Å²) in [7, 11) is 1.91. The quantitative estimate of drug-likeness (QED) is 0.811. The van der Waals surface area contributed by atoms with Gasteiger partial charge in [-0.3, -0.25) is 0 Å². The SMILES string of the molecule is CNCc1cccc(Cl)c1Oc1ccc(C(C)C)c(C)c1. The first-order chi connectivity index (χ1) is 10.0. The molecule has 0 fully saturated rings. The van der Waals surface area contributed by atoms with E-state index in [1.165, 1.54) is 11.1 Å². The molecule has 0 aliphatic rings. The highest BCUT2D eigenvalue weighted by Gasteiger charge is 2.11. The second-order valence-electron chi connectivity index (χ2n) is 5.53. The summed E-state index contributed by atoms with van der Waals surface area (Å²) in [6, 6.07) is 12.0. The van der Waals surface area contributed by atoms with E-state index in [1.54, 1.807) is 0 Å². The van der Waals surface area contributed by atoms with E-state index in [-0.39, 0.29) is 0 Å². The molecule has 0 saturated carbocycles. The molecule has 2 aromatic rings. The number of para-hydroxylation sites is 1. The van der Waals surface area contributed by atoms with E-state index in [4.69, 9.17) is 16.3 Å². The monoisotopic (exact) mass is 303 g/mol. The van der Waals surface area contributed by atoms with Crippen LogP contribution in [0.2, 0.25) is 5.02 Å². The Balaban J connectivity index is 2.32. The predicted molar refractivity (Wildman–Crippen MR) is 89.6 cm³/mol. The zero-order valence-corrected chi connectivity index (χ0v) is 13.8. The van der Waals surface area contributed by atoms with Crippen LogP contribution in [0.4, 0.5) is 0 Å². The van der Waals surface area contributed by atoms with Crippen LogP contribution in [0.5, 0.6) is 11.5 Å². The lowest BCUT2D eigenvalue weighted by Crippen LogP contribution is -2.06. The molecule has 0 heterocycles. The zero-order valence-electron chi connectivity index (χ0n) is 13.0. The molecule has 2 aromatic carbocycles. The van der Waals surface area contributed by atoms with Gasteiger partial charge in [0.25, 0.3) is 0 Å². The van der Waals surface area contributed by atoms with Crippen molar-refractivity contribution in [1.29, 1.82) is 0 Å². The Morgan fingerprint density at radius 1 is 1.19 bits per heavy atom. The first-order valence-electron chi connectivity index (χ1n) is 7.23. The van der Waals surface area contributed by atoms with Gasteiger partial charge in [0.1, 0.15) is 11.5 Å². The van der Waals surface area contributed by atoms with Crippen molar-refractivity contribution in [3.05, 3.63) is 58.1 Å². The molecule has 0 saturated heterocycles. The maximum Gasteiger partial charge on any atom is 0.150 e. The third-order valence-corrected chi connectivity index (χ3v) is 3.80. The van der Waals surface area contributed by atoms with E-state index < -0.39 is 0 Å². The highest BCUT2D eigenvalue weighted by Crippen LogP contribution is 2.34. The van der Waals surface area contributed by atoms with Gasteiger partial charge in [-0.2, -0.15) is 0 Å². The number of nitrogens with one attached hydrogen (secondary N) is 1. The number of ether oxygens (including phenoxy) is 1. The fourth-order valence-electron chi connectivity index (χ4n) is 2.47. The second kappa shape index (κ2) is 6.97. The van der Waals surface area contributed by atoms with Crippen LogP contribution in [-0.4, -0.2) is 7.05 Å². The summed E-state index contributed by atoms with van der Waals surface area (Å²) < 4.78 is 6.04. The lowest BCUT2D eigenvalue weighted by molar-refractivity contribution is 0.474. The highest BCUT2D eigenvalue weighted by molar-refractivity contribution is 6.32. The fraction of sp³-hybridized carbons (Fsp3) is 0.333. The number of hydrogen-bond acceptors (Lipinski definition) is 2. The molecule has 0 aromatic heterocycles. The van der Waals surface area contributed by atoms with E-state index in [1.807, 2.05) is 31.3 Å². The van der Waals surface area contributed by atoms with Gasteiger partial charge in [0, 0.05) is 12.1 Å². The molecule has 1 N–H and O–H groups in total. The van der Waals surface area contributed by atoms with Gasteiger partial charge in [-0.05, 0) is 49.2 Å². The Hall–Kier alpha value is -1.51. The molecule has 21 heavy (non-hydrogen) atoms. The van der Waals surface area contributed by atoms with Crippen LogP contribution in [0.15, 0.2) is 36.4 Å². The highest BCUT2D eigenvalue weighted by atomic mass is 35.5. The summed E-state index contributed by atoms with van der Waals surface area (Å²) in [5.74, 6) is 2.06. The number of halogens is 1. The zero-order chi connectivity index (χ0) is 15.4. The Labute approximate surface area is 132 Å². The standard InChI is InChI=1S/C18H22ClNO/c1-12(2)16-9-8-15(10-13(16)3)21-18-14(11-20-4)6-5-7-17(18)19/h5-10,12,20H,11H2,1-4H3. The lowest BCUT2D eigenvalue weighted by Gasteiger charge is -2.15. The van der Waals surface area contributed by atoms with Crippen LogP contribution >= 0.6 is 11.6 Å². The van der Waals surface area contributed by atoms with Crippen LogP contribution in [0.3, 0.4) is 0 Å². The molecule has 2 rings (SSSR count). The van der Waals surface area contributed by atoms with Crippen LogP contribution in [0, 0.1) is 6.92 Å². The van der Waals surface area contributed by atoms with Crippen LogP contribution in [0.1, 0.15) is 36.5 Å². The average molecular weight is 304 g/mol. The summed E-state index contributed by atoms with van der Waals surface area (Å²) in [6.07, 6.45) is 0. The molecule has 0 aliphatic carbocycles. The summed E-state index contributed by atoms with van der Waals surface area (Å²) in [5.41, 5.74) is 3.64. The molecule has 0 radical (unpaired) electrons. The maximum atomic E-state index is 6.28. The van der Waals surface area contributed by atoms with Crippen molar-refractivity contribution in [2.45, 2.75) is 33.2 Å². The number of hydrogen-bond donors (Lipinski definition) is 1. The molecule has 0 atom stereocenters. The molecule has 3 heteroatoms. The Bertz CT molecular complexity index is 623. The van der Waals surface area contributed by atoms with Gasteiger partial charge in [0.05, 0.1) is 5.02 Å². The Kier molecular flexibility index (Phi) is 5.27. The molecule has 0 unspecified atom stereocenters. The van der Waals surface area contributed by atoms with E-state index in [0.29, 0.717) is 10.9 Å². The largest absolute Gasteiger partial charge is 0.455 e. The summed E-state index contributed by atoms with van der Waals surface area (Å²) in [4.78, 5) is 0. The van der Waals surface area contributed by atoms with Crippen molar-refractivity contribution in [3.8, 4) is 11.5 Å². The van der Waals surface area contributed by atoms with Crippen LogP contribution < -0.4 is 10.1 Å². The Morgan fingerprint density at radius 2 is 1.95 bits per heavy atom. The first kappa shape index (κ1) is 15.9. The molecule has 0 bridgehead atoms. The van der Waals surface area contributed by atoms with Crippen molar-refractivity contribution in [1.82, 2.24) is 5.32 Å². The number of aryl methyl sites for hydroxylation is 1. The number of benzene rings is 2.